The zero-order valence-corrected chi connectivity index (χ0v) is 14.1. The van der Waals surface area contributed by atoms with Crippen molar-refractivity contribution in [2.24, 2.45) is 0 Å². The number of para-hydroxylation sites is 2. The summed E-state index contributed by atoms with van der Waals surface area (Å²) in [4.78, 5) is 26.7. The maximum absolute atomic E-state index is 13.4. The Balaban J connectivity index is 1.88. The molecule has 2 aromatic carbocycles. The van der Waals surface area contributed by atoms with Crippen LogP contribution in [0.3, 0.4) is 0 Å². The van der Waals surface area contributed by atoms with Crippen molar-refractivity contribution in [3.05, 3.63) is 64.0 Å². The van der Waals surface area contributed by atoms with Gasteiger partial charge in [0.2, 0.25) is 0 Å². The molecule has 3 rings (SSSR count). The minimum absolute atomic E-state index is 0.0774. The first kappa shape index (κ1) is 18.2. The van der Waals surface area contributed by atoms with Crippen molar-refractivity contribution < 1.29 is 23.2 Å². The van der Waals surface area contributed by atoms with Crippen molar-refractivity contribution in [3.63, 3.8) is 0 Å². The Morgan fingerprint density at radius 1 is 1.33 bits per heavy atom. The summed E-state index contributed by atoms with van der Waals surface area (Å²) in [7, 11) is 1.54. The summed E-state index contributed by atoms with van der Waals surface area (Å²) in [5, 5.41) is 13.6. The average molecular weight is 376 g/mol. The second-order valence-electron chi connectivity index (χ2n) is 5.48. The summed E-state index contributed by atoms with van der Waals surface area (Å²) in [6.07, 6.45) is 0. The number of aromatic nitrogens is 2. The number of imidazole rings is 1. The largest absolute Gasteiger partial charge is 0.454 e. The molecule has 0 aliphatic rings. The average Bonchev–Trinajstić information content (AvgIpc) is 3.04. The first-order valence-electron chi connectivity index (χ1n) is 7.79. The first-order chi connectivity index (χ1) is 12.9. The highest BCUT2D eigenvalue weighted by molar-refractivity contribution is 5.96. The Morgan fingerprint density at radius 2 is 2.07 bits per heavy atom. The van der Waals surface area contributed by atoms with Gasteiger partial charge in [0.15, 0.2) is 5.82 Å². The molecule has 8 nitrogen and oxygen atoms in total. The standard InChI is InChI=1S/C17H14F2N4O4/c1-20-12-7-6-10(23(25)26)8-11(12)16(24)27-9-15-21-13-4-2-3-5-14(13)22(15)17(18)19/h2-8,17,20H,9H2,1H3. The summed E-state index contributed by atoms with van der Waals surface area (Å²) in [6.45, 7) is -3.37. The number of rotatable bonds is 6. The van der Waals surface area contributed by atoms with Gasteiger partial charge in [0.25, 0.3) is 5.69 Å². The molecule has 0 aliphatic carbocycles. The number of benzene rings is 2. The molecular weight excluding hydrogens is 362 g/mol. The van der Waals surface area contributed by atoms with E-state index in [2.05, 4.69) is 10.3 Å². The highest BCUT2D eigenvalue weighted by atomic mass is 19.3. The molecule has 0 amide bonds. The molecule has 0 unspecified atom stereocenters. The Kier molecular flexibility index (Phi) is 4.97. The van der Waals surface area contributed by atoms with Gasteiger partial charge in [-0.1, -0.05) is 12.1 Å². The lowest BCUT2D eigenvalue weighted by Crippen LogP contribution is -2.12. The quantitative estimate of drug-likeness (QED) is 0.400. The topological polar surface area (TPSA) is 99.3 Å². The van der Waals surface area contributed by atoms with Crippen LogP contribution in [0.25, 0.3) is 11.0 Å². The number of nitro benzene ring substituents is 1. The molecule has 1 N–H and O–H groups in total. The number of nitrogens with zero attached hydrogens (tertiary/aromatic N) is 3. The van der Waals surface area contributed by atoms with Gasteiger partial charge >= 0.3 is 12.5 Å². The summed E-state index contributed by atoms with van der Waals surface area (Å²) < 4.78 is 32.6. The van der Waals surface area contributed by atoms with E-state index < -0.39 is 24.0 Å². The van der Waals surface area contributed by atoms with Gasteiger partial charge in [0, 0.05) is 24.9 Å². The van der Waals surface area contributed by atoms with Crippen LogP contribution < -0.4 is 5.32 Å². The number of nitrogens with one attached hydrogen (secondary N) is 1. The number of esters is 1. The number of hydrogen-bond acceptors (Lipinski definition) is 6. The van der Waals surface area contributed by atoms with Crippen LogP contribution in [0.1, 0.15) is 22.7 Å². The lowest BCUT2D eigenvalue weighted by atomic mass is 10.1. The zero-order chi connectivity index (χ0) is 19.6. The second kappa shape index (κ2) is 7.36. The van der Waals surface area contributed by atoms with Gasteiger partial charge in [0.05, 0.1) is 21.5 Å². The number of alkyl halides is 2. The van der Waals surface area contributed by atoms with Crippen LogP contribution in [-0.2, 0) is 11.3 Å². The SMILES string of the molecule is CNc1ccc([N+](=O)[O-])cc1C(=O)OCc1nc2ccccc2n1C(F)F. The minimum atomic E-state index is -2.86. The smallest absolute Gasteiger partial charge is 0.340 e. The fraction of sp³-hybridized carbons (Fsp3) is 0.176. The number of non-ortho nitro benzene ring substituents is 1. The zero-order valence-electron chi connectivity index (χ0n) is 14.1. The van der Waals surface area contributed by atoms with Crippen molar-refractivity contribution >= 4 is 28.4 Å². The fourth-order valence-corrected chi connectivity index (χ4v) is 2.65. The van der Waals surface area contributed by atoms with Crippen LogP contribution in [0.15, 0.2) is 42.5 Å². The molecule has 0 saturated carbocycles. The predicted molar refractivity (Wildman–Crippen MR) is 92.7 cm³/mol. The van der Waals surface area contributed by atoms with Crippen LogP contribution in [0.2, 0.25) is 0 Å². The van der Waals surface area contributed by atoms with Gasteiger partial charge in [-0.3, -0.25) is 14.7 Å². The number of fused-ring (bicyclic) bond motifs is 1. The Labute approximate surface area is 151 Å². The van der Waals surface area contributed by atoms with E-state index in [1.165, 1.54) is 25.2 Å². The van der Waals surface area contributed by atoms with Crippen molar-refractivity contribution in [2.75, 3.05) is 12.4 Å². The molecule has 140 valence electrons. The Hall–Kier alpha value is -3.56. The summed E-state index contributed by atoms with van der Waals surface area (Å²) in [5.74, 6) is -1.02. The van der Waals surface area contributed by atoms with E-state index in [9.17, 15) is 23.7 Å². The van der Waals surface area contributed by atoms with Crippen molar-refractivity contribution in [1.29, 1.82) is 0 Å². The van der Waals surface area contributed by atoms with E-state index in [4.69, 9.17) is 4.74 Å². The van der Waals surface area contributed by atoms with Crippen LogP contribution >= 0.6 is 0 Å². The number of hydrogen-bond donors (Lipinski definition) is 1. The highest BCUT2D eigenvalue weighted by Gasteiger charge is 2.21. The van der Waals surface area contributed by atoms with Crippen LogP contribution in [0.4, 0.5) is 20.2 Å². The summed E-state index contributed by atoms with van der Waals surface area (Å²) in [6, 6.07) is 9.97. The molecular formula is C17H14F2N4O4. The Bertz CT molecular complexity index is 1020. The Morgan fingerprint density at radius 3 is 2.74 bits per heavy atom. The highest BCUT2D eigenvalue weighted by Crippen LogP contribution is 2.25. The monoisotopic (exact) mass is 376 g/mol. The van der Waals surface area contributed by atoms with Crippen LogP contribution in [-0.4, -0.2) is 27.5 Å². The van der Waals surface area contributed by atoms with E-state index in [1.54, 1.807) is 18.2 Å². The molecule has 10 heteroatoms. The predicted octanol–water partition coefficient (Wildman–Crippen LogP) is 3.74. The lowest BCUT2D eigenvalue weighted by Gasteiger charge is -2.10. The summed E-state index contributed by atoms with van der Waals surface area (Å²) in [5.41, 5.74) is 0.500. The van der Waals surface area contributed by atoms with Gasteiger partial charge < -0.3 is 10.1 Å². The summed E-state index contributed by atoms with van der Waals surface area (Å²) >= 11 is 0. The number of anilines is 1. The van der Waals surface area contributed by atoms with Crippen LogP contribution in [0, 0.1) is 10.1 Å². The number of ether oxygens (including phenoxy) is 1. The number of carbonyl (C=O) groups excluding carboxylic acids is 1. The van der Waals surface area contributed by atoms with Crippen molar-refractivity contribution in [1.82, 2.24) is 9.55 Å². The number of halogens is 2. The third kappa shape index (κ3) is 3.54. The molecule has 1 heterocycles. The first-order valence-corrected chi connectivity index (χ1v) is 7.79. The normalized spacial score (nSPS) is 11.0. The molecule has 0 radical (unpaired) electrons. The maximum Gasteiger partial charge on any atom is 0.340 e. The second-order valence-corrected chi connectivity index (χ2v) is 5.48. The van der Waals surface area contributed by atoms with E-state index >= 15 is 0 Å². The molecule has 3 aromatic rings. The van der Waals surface area contributed by atoms with Gasteiger partial charge in [-0.2, -0.15) is 8.78 Å². The molecule has 1 aromatic heterocycles. The minimum Gasteiger partial charge on any atom is -0.454 e. The molecule has 27 heavy (non-hydrogen) atoms. The third-order valence-electron chi connectivity index (χ3n) is 3.90. The van der Waals surface area contributed by atoms with Crippen LogP contribution in [0.5, 0.6) is 0 Å². The van der Waals surface area contributed by atoms with E-state index in [0.29, 0.717) is 15.8 Å². The molecule has 0 spiro atoms. The molecule has 0 aliphatic heterocycles. The fourth-order valence-electron chi connectivity index (χ4n) is 2.65. The van der Waals surface area contributed by atoms with Gasteiger partial charge in [0.1, 0.15) is 6.61 Å². The van der Waals surface area contributed by atoms with Crippen molar-refractivity contribution in [3.8, 4) is 0 Å². The molecule has 0 fully saturated rings. The third-order valence-corrected chi connectivity index (χ3v) is 3.90. The molecule has 0 bridgehead atoms. The van der Waals surface area contributed by atoms with E-state index in [1.807, 2.05) is 0 Å². The molecule has 0 saturated heterocycles. The number of nitro groups is 1. The lowest BCUT2D eigenvalue weighted by molar-refractivity contribution is -0.384. The van der Waals surface area contributed by atoms with Gasteiger partial charge in [-0.25, -0.2) is 9.78 Å². The van der Waals surface area contributed by atoms with E-state index in [0.717, 1.165) is 6.07 Å². The van der Waals surface area contributed by atoms with Gasteiger partial charge in [-0.05, 0) is 18.2 Å². The van der Waals surface area contributed by atoms with Crippen molar-refractivity contribution in [2.45, 2.75) is 13.2 Å². The number of carbonyl (C=O) groups is 1. The maximum atomic E-state index is 13.4. The molecule has 0 atom stereocenters. The van der Waals surface area contributed by atoms with E-state index in [-0.39, 0.29) is 22.6 Å². The van der Waals surface area contributed by atoms with Gasteiger partial charge in [-0.15, -0.1) is 0 Å².